The maximum absolute atomic E-state index is 12.0. The van der Waals surface area contributed by atoms with Crippen molar-refractivity contribution in [1.82, 2.24) is 5.32 Å². The molecular formula is C16H22N2O3. The van der Waals surface area contributed by atoms with Crippen LogP contribution in [0.1, 0.15) is 19.3 Å². The number of amides is 1. The molecular weight excluding hydrogens is 268 g/mol. The SMILES string of the molecule is COc1ccc(NC(=O)CN[C@H]2CCO[C@H]2C2CC2)cc1. The first kappa shape index (κ1) is 14.4. The van der Waals surface area contributed by atoms with E-state index in [1.807, 2.05) is 24.3 Å². The Morgan fingerprint density at radius 1 is 1.29 bits per heavy atom. The number of hydrogen-bond donors (Lipinski definition) is 2. The molecule has 1 aromatic carbocycles. The molecule has 5 nitrogen and oxygen atoms in total. The van der Waals surface area contributed by atoms with Crippen molar-refractivity contribution in [2.45, 2.75) is 31.4 Å². The predicted molar refractivity (Wildman–Crippen MR) is 80.5 cm³/mol. The molecule has 1 amide bonds. The van der Waals surface area contributed by atoms with Gasteiger partial charge in [-0.2, -0.15) is 0 Å². The van der Waals surface area contributed by atoms with Crippen molar-refractivity contribution in [3.05, 3.63) is 24.3 Å². The average molecular weight is 290 g/mol. The Bertz CT molecular complexity index is 485. The van der Waals surface area contributed by atoms with Crippen molar-refractivity contribution in [2.75, 3.05) is 25.6 Å². The molecule has 114 valence electrons. The molecule has 2 atom stereocenters. The van der Waals surface area contributed by atoms with Crippen LogP contribution in [0.25, 0.3) is 0 Å². The Labute approximate surface area is 125 Å². The zero-order valence-electron chi connectivity index (χ0n) is 12.3. The van der Waals surface area contributed by atoms with Crippen LogP contribution in [0, 0.1) is 5.92 Å². The number of anilines is 1. The van der Waals surface area contributed by atoms with Gasteiger partial charge < -0.3 is 20.1 Å². The van der Waals surface area contributed by atoms with Gasteiger partial charge in [0.25, 0.3) is 0 Å². The lowest BCUT2D eigenvalue weighted by atomic mass is 10.1. The van der Waals surface area contributed by atoms with Gasteiger partial charge in [0.2, 0.25) is 5.91 Å². The Morgan fingerprint density at radius 3 is 2.71 bits per heavy atom. The minimum Gasteiger partial charge on any atom is -0.497 e. The van der Waals surface area contributed by atoms with Gasteiger partial charge in [0.05, 0.1) is 19.8 Å². The Balaban J connectivity index is 1.45. The van der Waals surface area contributed by atoms with E-state index in [4.69, 9.17) is 9.47 Å². The number of ether oxygens (including phenoxy) is 2. The van der Waals surface area contributed by atoms with Gasteiger partial charge in [0, 0.05) is 18.3 Å². The van der Waals surface area contributed by atoms with Gasteiger partial charge in [-0.15, -0.1) is 0 Å². The van der Waals surface area contributed by atoms with E-state index < -0.39 is 0 Å². The van der Waals surface area contributed by atoms with Gasteiger partial charge in [-0.1, -0.05) is 0 Å². The van der Waals surface area contributed by atoms with Crippen LogP contribution in [0.15, 0.2) is 24.3 Å². The first-order valence-corrected chi connectivity index (χ1v) is 7.55. The summed E-state index contributed by atoms with van der Waals surface area (Å²) in [6.45, 7) is 1.13. The standard InChI is InChI=1S/C16H22N2O3/c1-20-13-6-4-12(5-7-13)18-15(19)10-17-14-8-9-21-16(14)11-2-3-11/h4-7,11,14,16-17H,2-3,8-10H2,1H3,(H,18,19)/t14-,16-/m0/s1. The smallest absolute Gasteiger partial charge is 0.238 e. The van der Waals surface area contributed by atoms with E-state index in [0.29, 0.717) is 24.6 Å². The van der Waals surface area contributed by atoms with Crippen LogP contribution in [0.5, 0.6) is 5.75 Å². The highest BCUT2D eigenvalue weighted by atomic mass is 16.5. The third-order valence-corrected chi connectivity index (χ3v) is 4.12. The number of rotatable bonds is 6. The van der Waals surface area contributed by atoms with Gasteiger partial charge in [-0.3, -0.25) is 4.79 Å². The summed E-state index contributed by atoms with van der Waals surface area (Å²) in [4.78, 5) is 12.0. The van der Waals surface area contributed by atoms with Crippen molar-refractivity contribution in [3.8, 4) is 5.75 Å². The molecule has 0 spiro atoms. The summed E-state index contributed by atoms with van der Waals surface area (Å²) in [7, 11) is 1.62. The number of carbonyl (C=O) groups excluding carboxylic acids is 1. The molecule has 2 aliphatic rings. The molecule has 3 rings (SSSR count). The highest BCUT2D eigenvalue weighted by Crippen LogP contribution is 2.38. The molecule has 0 aromatic heterocycles. The number of nitrogens with one attached hydrogen (secondary N) is 2. The third-order valence-electron chi connectivity index (χ3n) is 4.12. The lowest BCUT2D eigenvalue weighted by Gasteiger charge is -2.19. The van der Waals surface area contributed by atoms with Crippen molar-refractivity contribution in [1.29, 1.82) is 0 Å². The number of hydrogen-bond acceptors (Lipinski definition) is 4. The van der Waals surface area contributed by atoms with E-state index in [-0.39, 0.29) is 5.91 Å². The van der Waals surface area contributed by atoms with Crippen molar-refractivity contribution in [2.24, 2.45) is 5.92 Å². The molecule has 21 heavy (non-hydrogen) atoms. The first-order valence-electron chi connectivity index (χ1n) is 7.55. The van der Waals surface area contributed by atoms with Crippen LogP contribution in [-0.2, 0) is 9.53 Å². The minimum absolute atomic E-state index is 0.0263. The van der Waals surface area contributed by atoms with E-state index in [1.54, 1.807) is 7.11 Å². The Morgan fingerprint density at radius 2 is 2.05 bits per heavy atom. The first-order chi connectivity index (χ1) is 10.3. The van der Waals surface area contributed by atoms with E-state index in [1.165, 1.54) is 12.8 Å². The molecule has 2 fully saturated rings. The summed E-state index contributed by atoms with van der Waals surface area (Å²) < 4.78 is 10.8. The maximum atomic E-state index is 12.0. The van der Waals surface area contributed by atoms with Crippen LogP contribution in [0.3, 0.4) is 0 Å². The van der Waals surface area contributed by atoms with Crippen LogP contribution in [-0.4, -0.2) is 38.3 Å². The molecule has 5 heteroatoms. The zero-order chi connectivity index (χ0) is 14.7. The lowest BCUT2D eigenvalue weighted by molar-refractivity contribution is -0.115. The fourth-order valence-corrected chi connectivity index (χ4v) is 2.82. The van der Waals surface area contributed by atoms with Crippen LogP contribution < -0.4 is 15.4 Å². The molecule has 0 radical (unpaired) electrons. The van der Waals surface area contributed by atoms with Gasteiger partial charge in [-0.25, -0.2) is 0 Å². The second-order valence-corrected chi connectivity index (χ2v) is 5.73. The Hall–Kier alpha value is -1.59. The van der Waals surface area contributed by atoms with Gasteiger partial charge >= 0.3 is 0 Å². The molecule has 1 aliphatic carbocycles. The number of carbonyl (C=O) groups is 1. The molecule has 1 saturated heterocycles. The topological polar surface area (TPSA) is 59.6 Å². The summed E-state index contributed by atoms with van der Waals surface area (Å²) in [5.41, 5.74) is 0.781. The summed E-state index contributed by atoms with van der Waals surface area (Å²) in [6.07, 6.45) is 3.83. The monoisotopic (exact) mass is 290 g/mol. The van der Waals surface area contributed by atoms with Crippen molar-refractivity contribution < 1.29 is 14.3 Å². The average Bonchev–Trinajstić information content (AvgIpc) is 3.24. The second kappa shape index (κ2) is 6.45. The lowest BCUT2D eigenvalue weighted by Crippen LogP contribution is -2.41. The molecule has 1 aliphatic heterocycles. The molecule has 1 aromatic rings. The van der Waals surface area contributed by atoms with Crippen LogP contribution in [0.4, 0.5) is 5.69 Å². The normalized spacial score (nSPS) is 24.8. The predicted octanol–water partition coefficient (Wildman–Crippen LogP) is 1.79. The van der Waals surface area contributed by atoms with E-state index in [0.717, 1.165) is 24.5 Å². The van der Waals surface area contributed by atoms with Crippen LogP contribution in [0.2, 0.25) is 0 Å². The zero-order valence-corrected chi connectivity index (χ0v) is 12.3. The third kappa shape index (κ3) is 3.74. The van der Waals surface area contributed by atoms with Gasteiger partial charge in [0.1, 0.15) is 5.75 Å². The van der Waals surface area contributed by atoms with Gasteiger partial charge in [-0.05, 0) is 49.4 Å². The quantitative estimate of drug-likeness (QED) is 0.838. The number of methoxy groups -OCH3 is 1. The summed E-state index contributed by atoms with van der Waals surface area (Å²) in [6, 6.07) is 7.65. The number of benzene rings is 1. The summed E-state index contributed by atoms with van der Waals surface area (Å²) >= 11 is 0. The van der Waals surface area contributed by atoms with E-state index in [9.17, 15) is 4.79 Å². The van der Waals surface area contributed by atoms with Crippen molar-refractivity contribution in [3.63, 3.8) is 0 Å². The highest BCUT2D eigenvalue weighted by molar-refractivity contribution is 5.92. The molecule has 1 saturated carbocycles. The van der Waals surface area contributed by atoms with E-state index in [2.05, 4.69) is 10.6 Å². The summed E-state index contributed by atoms with van der Waals surface area (Å²) in [5.74, 6) is 1.46. The molecule has 2 N–H and O–H groups in total. The summed E-state index contributed by atoms with van der Waals surface area (Å²) in [5, 5.41) is 6.21. The Kier molecular flexibility index (Phi) is 4.41. The fraction of sp³-hybridized carbons (Fsp3) is 0.562. The van der Waals surface area contributed by atoms with Gasteiger partial charge in [0.15, 0.2) is 0 Å². The maximum Gasteiger partial charge on any atom is 0.238 e. The second-order valence-electron chi connectivity index (χ2n) is 5.73. The van der Waals surface area contributed by atoms with Crippen LogP contribution >= 0.6 is 0 Å². The largest absolute Gasteiger partial charge is 0.497 e. The minimum atomic E-state index is -0.0263. The fourth-order valence-electron chi connectivity index (χ4n) is 2.82. The van der Waals surface area contributed by atoms with Crippen molar-refractivity contribution >= 4 is 11.6 Å². The highest BCUT2D eigenvalue weighted by Gasteiger charge is 2.40. The molecule has 0 bridgehead atoms. The van der Waals surface area contributed by atoms with E-state index >= 15 is 0 Å². The molecule has 0 unspecified atom stereocenters. The molecule has 1 heterocycles.